The average Bonchev–Trinajstić information content (AvgIpc) is 3.35. The van der Waals surface area contributed by atoms with Gasteiger partial charge in [0.25, 0.3) is 0 Å². The van der Waals surface area contributed by atoms with E-state index in [1.54, 1.807) is 11.9 Å². The maximum Gasteiger partial charge on any atom is 0.230 e. The zero-order valence-corrected chi connectivity index (χ0v) is 18.7. The fourth-order valence-corrected chi connectivity index (χ4v) is 4.08. The summed E-state index contributed by atoms with van der Waals surface area (Å²) in [5.74, 6) is 2.55. The van der Waals surface area contributed by atoms with E-state index in [1.165, 1.54) is 5.56 Å². The number of rotatable bonds is 3. The van der Waals surface area contributed by atoms with Crippen molar-refractivity contribution in [3.8, 4) is 5.75 Å². The first-order chi connectivity index (χ1) is 15.5. The minimum absolute atomic E-state index is 0.0147. The molecular weight excluding hydrogens is 404 g/mol. The molecule has 166 valence electrons. The first kappa shape index (κ1) is 21.7. The first-order valence-electron chi connectivity index (χ1n) is 11.0. The van der Waals surface area contributed by atoms with Gasteiger partial charge in [0.2, 0.25) is 17.5 Å². The topological polar surface area (TPSA) is 77.3 Å². The second kappa shape index (κ2) is 9.34. The van der Waals surface area contributed by atoms with Gasteiger partial charge in [-0.1, -0.05) is 56.3 Å². The van der Waals surface area contributed by atoms with Crippen LogP contribution in [0.4, 0.5) is 5.69 Å². The minimum Gasteiger partial charge on any atom is -0.491 e. The normalized spacial score (nSPS) is 19.2. The fraction of sp³-hybridized carbons (Fsp3) is 0.360. The van der Waals surface area contributed by atoms with Crippen LogP contribution in [0.1, 0.15) is 67.1 Å². The Morgan fingerprint density at radius 2 is 1.84 bits per heavy atom. The molecule has 5 rings (SSSR count). The lowest BCUT2D eigenvalue weighted by Gasteiger charge is -2.15. The zero-order valence-electron chi connectivity index (χ0n) is 18.7. The number of hydrogen-bond donors (Lipinski definition) is 0. The van der Waals surface area contributed by atoms with Gasteiger partial charge < -0.3 is 9.64 Å². The van der Waals surface area contributed by atoms with E-state index in [0.29, 0.717) is 31.2 Å². The van der Waals surface area contributed by atoms with Gasteiger partial charge in [-0.25, -0.2) is 9.67 Å². The van der Waals surface area contributed by atoms with E-state index in [9.17, 15) is 9.59 Å². The van der Waals surface area contributed by atoms with E-state index in [0.717, 1.165) is 23.7 Å². The van der Waals surface area contributed by atoms with Crippen LogP contribution in [-0.4, -0.2) is 40.1 Å². The standard InChI is InChI=1S/C15H17N3O.C10H11NO2/c1-3-13(19)14-16-15-10(2)9-12(18(15)17-14)11-7-5-4-6-8-11;1-11-8-4-2-3-5-9(8)13-7-6-10(11)12/h4-8,10,12H,3,9H2,1-2H3;2-5H,6-7H2,1H3. The molecule has 0 radical (unpaired) electrons. The molecule has 32 heavy (non-hydrogen) atoms. The molecule has 0 N–H and O–H groups in total. The highest BCUT2D eigenvalue weighted by Crippen LogP contribution is 2.38. The lowest BCUT2D eigenvalue weighted by atomic mass is 10.0. The summed E-state index contributed by atoms with van der Waals surface area (Å²) in [4.78, 5) is 29.2. The van der Waals surface area contributed by atoms with Gasteiger partial charge in [0.05, 0.1) is 24.8 Å². The number of benzene rings is 2. The Morgan fingerprint density at radius 3 is 2.59 bits per heavy atom. The van der Waals surface area contributed by atoms with E-state index in [1.807, 2.05) is 54.1 Å². The summed E-state index contributed by atoms with van der Waals surface area (Å²) in [5, 5.41) is 4.43. The number of nitrogens with zero attached hydrogens (tertiary/aromatic N) is 4. The molecule has 2 atom stereocenters. The Kier molecular flexibility index (Phi) is 6.35. The smallest absolute Gasteiger partial charge is 0.230 e. The van der Waals surface area contributed by atoms with Gasteiger partial charge in [-0.3, -0.25) is 9.59 Å². The minimum atomic E-state index is 0.0147. The van der Waals surface area contributed by atoms with Crippen LogP contribution in [0.2, 0.25) is 0 Å². The van der Waals surface area contributed by atoms with Crippen molar-refractivity contribution in [3.05, 3.63) is 71.8 Å². The van der Waals surface area contributed by atoms with Crippen molar-refractivity contribution in [2.24, 2.45) is 0 Å². The van der Waals surface area contributed by atoms with Gasteiger partial charge in [0, 0.05) is 19.4 Å². The van der Waals surface area contributed by atoms with Crippen molar-refractivity contribution in [3.63, 3.8) is 0 Å². The number of carbonyl (C=O) groups excluding carboxylic acids is 2. The quantitative estimate of drug-likeness (QED) is 0.574. The summed E-state index contributed by atoms with van der Waals surface area (Å²) >= 11 is 0. The summed E-state index contributed by atoms with van der Waals surface area (Å²) in [6.45, 7) is 4.45. The molecule has 3 aromatic rings. The highest BCUT2D eigenvalue weighted by molar-refractivity contribution is 5.95. The molecule has 2 aromatic carbocycles. The number of carbonyl (C=O) groups is 2. The Balaban J connectivity index is 0.000000165. The van der Waals surface area contributed by atoms with Crippen LogP contribution in [-0.2, 0) is 4.79 Å². The van der Waals surface area contributed by atoms with Crippen LogP contribution in [0.5, 0.6) is 5.75 Å². The van der Waals surface area contributed by atoms with E-state index in [4.69, 9.17) is 4.74 Å². The molecular formula is C25H28N4O3. The predicted octanol–water partition coefficient (Wildman–Crippen LogP) is 4.40. The van der Waals surface area contributed by atoms with Crippen molar-refractivity contribution in [2.45, 2.75) is 45.1 Å². The number of para-hydroxylation sites is 2. The number of ketones is 1. The summed E-state index contributed by atoms with van der Waals surface area (Å²) in [7, 11) is 1.77. The molecule has 0 aliphatic carbocycles. The van der Waals surface area contributed by atoms with Crippen LogP contribution in [0.15, 0.2) is 54.6 Å². The maximum absolute atomic E-state index is 11.7. The van der Waals surface area contributed by atoms with Crippen LogP contribution < -0.4 is 9.64 Å². The van der Waals surface area contributed by atoms with Crippen molar-refractivity contribution in [1.82, 2.24) is 14.8 Å². The summed E-state index contributed by atoms with van der Waals surface area (Å²) in [6, 6.07) is 18.1. The molecule has 1 amide bonds. The molecule has 7 nitrogen and oxygen atoms in total. The van der Waals surface area contributed by atoms with Gasteiger partial charge in [-0.05, 0) is 24.1 Å². The van der Waals surface area contributed by atoms with Crippen molar-refractivity contribution >= 4 is 17.4 Å². The lowest BCUT2D eigenvalue weighted by Crippen LogP contribution is -2.24. The zero-order chi connectivity index (χ0) is 22.7. The highest BCUT2D eigenvalue weighted by atomic mass is 16.5. The summed E-state index contributed by atoms with van der Waals surface area (Å²) < 4.78 is 7.36. The summed E-state index contributed by atoms with van der Waals surface area (Å²) in [6.07, 6.45) is 1.90. The van der Waals surface area contributed by atoms with Gasteiger partial charge in [-0.15, -0.1) is 5.10 Å². The number of aromatic nitrogens is 3. The molecule has 0 fully saturated rings. The number of Topliss-reactive ketones (excluding diaryl/α,β-unsaturated/α-hetero) is 1. The molecule has 2 unspecified atom stereocenters. The predicted molar refractivity (Wildman–Crippen MR) is 122 cm³/mol. The van der Waals surface area contributed by atoms with Gasteiger partial charge in [-0.2, -0.15) is 0 Å². The van der Waals surface area contributed by atoms with E-state index < -0.39 is 0 Å². The third-order valence-electron chi connectivity index (χ3n) is 5.90. The first-order valence-corrected chi connectivity index (χ1v) is 11.0. The van der Waals surface area contributed by atoms with Crippen LogP contribution in [0, 0.1) is 0 Å². The molecule has 3 heterocycles. The Hall–Kier alpha value is -3.48. The monoisotopic (exact) mass is 432 g/mol. The number of anilines is 1. The van der Waals surface area contributed by atoms with Crippen LogP contribution >= 0.6 is 0 Å². The molecule has 0 saturated heterocycles. The largest absolute Gasteiger partial charge is 0.491 e. The lowest BCUT2D eigenvalue weighted by molar-refractivity contribution is -0.118. The molecule has 0 spiro atoms. The molecule has 0 bridgehead atoms. The molecule has 2 aliphatic heterocycles. The Morgan fingerprint density at radius 1 is 1.12 bits per heavy atom. The second-order valence-electron chi connectivity index (χ2n) is 8.10. The number of amides is 1. The second-order valence-corrected chi connectivity index (χ2v) is 8.10. The van der Waals surface area contributed by atoms with E-state index in [2.05, 4.69) is 29.1 Å². The molecule has 0 saturated carbocycles. The molecule has 2 aliphatic rings. The van der Waals surface area contributed by atoms with Crippen molar-refractivity contribution in [2.75, 3.05) is 18.6 Å². The van der Waals surface area contributed by atoms with Gasteiger partial charge in [0.15, 0.2) is 0 Å². The van der Waals surface area contributed by atoms with Gasteiger partial charge >= 0.3 is 0 Å². The Labute approximate surface area is 188 Å². The summed E-state index contributed by atoms with van der Waals surface area (Å²) in [5.41, 5.74) is 2.08. The Bertz CT molecular complexity index is 1110. The van der Waals surface area contributed by atoms with Gasteiger partial charge in [0.1, 0.15) is 11.6 Å². The third-order valence-corrected chi connectivity index (χ3v) is 5.90. The maximum atomic E-state index is 11.7. The van der Waals surface area contributed by atoms with E-state index >= 15 is 0 Å². The van der Waals surface area contributed by atoms with Crippen LogP contribution in [0.3, 0.4) is 0 Å². The highest BCUT2D eigenvalue weighted by Gasteiger charge is 2.33. The number of fused-ring (bicyclic) bond motifs is 2. The van der Waals surface area contributed by atoms with E-state index in [-0.39, 0.29) is 17.7 Å². The SMILES string of the molecule is CCC(=O)c1nc2n(n1)C(c1ccccc1)CC2C.CN1C(=O)CCOc2ccccc21. The van der Waals surface area contributed by atoms with Crippen molar-refractivity contribution in [1.29, 1.82) is 0 Å². The number of ether oxygens (including phenoxy) is 1. The fourth-order valence-electron chi connectivity index (χ4n) is 4.08. The van der Waals surface area contributed by atoms with Crippen molar-refractivity contribution < 1.29 is 14.3 Å². The molecule has 7 heteroatoms. The molecule has 1 aromatic heterocycles. The average molecular weight is 433 g/mol. The number of hydrogen-bond acceptors (Lipinski definition) is 5. The third kappa shape index (κ3) is 4.28. The van der Waals surface area contributed by atoms with Crippen LogP contribution in [0.25, 0.3) is 0 Å².